The van der Waals surface area contributed by atoms with E-state index in [0.29, 0.717) is 36.5 Å². The molecule has 574 valence electrons. The van der Waals surface area contributed by atoms with E-state index in [9.17, 15) is 30.6 Å². The highest BCUT2D eigenvalue weighted by atomic mass is 16.8. The van der Waals surface area contributed by atoms with Gasteiger partial charge in [-0.15, -0.1) is 0 Å². The zero-order chi connectivity index (χ0) is 74.1. The van der Waals surface area contributed by atoms with Crippen molar-refractivity contribution in [2.75, 3.05) is 39.6 Å². The number of epoxide rings is 2. The first-order valence-electron chi connectivity index (χ1n) is 34.7. The summed E-state index contributed by atoms with van der Waals surface area (Å²) in [4.78, 5) is 0. The minimum Gasteiger partial charge on any atom is -0.394 e. The molecule has 8 aliphatic rings. The Balaban J connectivity index is 0.000000382. The van der Waals surface area contributed by atoms with E-state index in [1.54, 1.807) is 55.4 Å². The molecule has 0 spiro atoms. The van der Waals surface area contributed by atoms with Crippen molar-refractivity contribution in [3.05, 3.63) is 0 Å². The molecule has 8 rings (SSSR count). The zero-order valence-electron chi connectivity index (χ0n) is 62.2. The summed E-state index contributed by atoms with van der Waals surface area (Å²) in [6, 6.07) is 0. The quantitative estimate of drug-likeness (QED) is 0.0654. The van der Waals surface area contributed by atoms with Crippen LogP contribution in [0.15, 0.2) is 0 Å². The van der Waals surface area contributed by atoms with Crippen LogP contribution in [0.25, 0.3) is 0 Å². The number of ether oxygens (including phenoxy) is 14. The van der Waals surface area contributed by atoms with Crippen LogP contribution >= 0.6 is 0 Å². The van der Waals surface area contributed by atoms with Gasteiger partial charge in [0.1, 0.15) is 97.7 Å². The average molecular weight is 1400 g/mol. The van der Waals surface area contributed by atoms with E-state index >= 15 is 0 Å². The van der Waals surface area contributed by atoms with Crippen LogP contribution in [0.3, 0.4) is 0 Å². The lowest BCUT2D eigenvalue weighted by Gasteiger charge is -2.26. The van der Waals surface area contributed by atoms with Crippen LogP contribution in [0.4, 0.5) is 0 Å². The molecule has 0 bridgehead atoms. The number of rotatable bonds is 23. The van der Waals surface area contributed by atoms with Gasteiger partial charge in [0.15, 0.2) is 34.7 Å². The Morgan fingerprint density at radius 2 is 0.510 bits per heavy atom. The largest absolute Gasteiger partial charge is 0.394 e. The van der Waals surface area contributed by atoms with Gasteiger partial charge in [-0.05, 0) is 133 Å². The fourth-order valence-corrected chi connectivity index (χ4v) is 11.6. The van der Waals surface area contributed by atoms with Crippen LogP contribution < -0.4 is 0 Å². The predicted molar refractivity (Wildman–Crippen MR) is 351 cm³/mol. The van der Waals surface area contributed by atoms with Gasteiger partial charge in [-0.2, -0.15) is 0 Å². The van der Waals surface area contributed by atoms with Crippen LogP contribution in [0.5, 0.6) is 0 Å². The summed E-state index contributed by atoms with van der Waals surface area (Å²) < 4.78 is 78.5. The van der Waals surface area contributed by atoms with Crippen LogP contribution in [-0.2, 0) is 66.3 Å². The molecule has 8 aliphatic heterocycles. The smallest absolute Gasteiger partial charge is 0.164 e. The second kappa shape index (κ2) is 39.7. The average Bonchev–Trinajstić information content (AvgIpc) is 1.64. The molecular weight excluding hydrogens is 1260 g/mol. The zero-order valence-corrected chi connectivity index (χ0v) is 62.2. The first kappa shape index (κ1) is 91.0. The second-order valence-electron chi connectivity index (χ2n) is 29.8. The molecule has 0 amide bonds. The second-order valence-corrected chi connectivity index (χ2v) is 29.8. The summed E-state index contributed by atoms with van der Waals surface area (Å²) in [5.74, 6) is -1.47. The van der Waals surface area contributed by atoms with Gasteiger partial charge in [-0.25, -0.2) is 0 Å². The number of aliphatic hydroxyl groups is 14. The maximum Gasteiger partial charge on any atom is 0.164 e. The lowest BCUT2D eigenvalue weighted by Crippen LogP contribution is -2.46. The summed E-state index contributed by atoms with van der Waals surface area (Å²) in [6.45, 7) is 46.2. The van der Waals surface area contributed by atoms with Crippen LogP contribution in [0.1, 0.15) is 192 Å². The molecule has 28 nitrogen and oxygen atoms in total. The molecular formula is C68H134O28. The van der Waals surface area contributed by atoms with Gasteiger partial charge in [0.25, 0.3) is 0 Å². The highest BCUT2D eigenvalue weighted by molar-refractivity contribution is 4.99. The Morgan fingerprint density at radius 1 is 0.292 bits per heavy atom. The Morgan fingerprint density at radius 3 is 0.708 bits per heavy atom. The van der Waals surface area contributed by atoms with E-state index < -0.39 is 159 Å². The van der Waals surface area contributed by atoms with E-state index in [1.807, 2.05) is 55.4 Å². The SMILES string of the molecule is CC(C)[C@H]1OC(C)(C)O[C@@H]1C(C)C.CC1(C)O[C@H]([C@@H]2CO2)[C@@H]([C@@H]2CO2)O1.CC1(C)O[C@H]([C@H](O)CO)[C@@H]([C@H](O)CO)O1.CC[C@@H](C)[C@H]1OC(C)(C)O[C@@H]1[C@H](C)CC.CC[C@@H](O)[C@H]1OC(C)(C)O[C@@H]1[C@H](O)CC.C[C@H](O)[C@H]1OC(C)(C)O[C@@H]1[C@H](C)O.OC[C@@H](O)[C@@H](O)[C@H](O)[C@H](O)CO. The molecule has 26 atom stereocenters. The third kappa shape index (κ3) is 28.8. The van der Waals surface area contributed by atoms with Crippen LogP contribution in [-0.4, -0.2) is 292 Å². The normalized spacial score (nSPS) is 35.2. The lowest BCUT2D eigenvalue weighted by atomic mass is 9.89. The summed E-state index contributed by atoms with van der Waals surface area (Å²) in [7, 11) is 0. The van der Waals surface area contributed by atoms with E-state index in [1.165, 1.54) is 0 Å². The number of hydrogen-bond donors (Lipinski definition) is 14. The monoisotopic (exact) mass is 1400 g/mol. The van der Waals surface area contributed by atoms with E-state index in [4.69, 9.17) is 107 Å². The number of hydrogen-bond acceptors (Lipinski definition) is 28. The topological polar surface area (TPSA) is 419 Å². The van der Waals surface area contributed by atoms with Crippen molar-refractivity contribution in [3.8, 4) is 0 Å². The van der Waals surface area contributed by atoms with Crippen LogP contribution in [0, 0.1) is 23.7 Å². The van der Waals surface area contributed by atoms with E-state index in [0.717, 1.165) is 26.1 Å². The first-order valence-corrected chi connectivity index (χ1v) is 34.7. The maximum atomic E-state index is 9.79. The van der Waals surface area contributed by atoms with Crippen molar-refractivity contribution in [2.24, 2.45) is 23.7 Å². The third-order valence-corrected chi connectivity index (χ3v) is 17.3. The Bertz CT molecular complexity index is 1790. The number of aliphatic hydroxyl groups excluding tert-OH is 14. The lowest BCUT2D eigenvalue weighted by molar-refractivity contribution is -0.163. The van der Waals surface area contributed by atoms with Gasteiger partial charge < -0.3 is 138 Å². The Hall–Kier alpha value is -1.12. The van der Waals surface area contributed by atoms with E-state index in [-0.39, 0.29) is 48.8 Å². The molecule has 28 heteroatoms. The van der Waals surface area contributed by atoms with Crippen molar-refractivity contribution < 1.29 is 138 Å². The van der Waals surface area contributed by atoms with Crippen molar-refractivity contribution in [1.82, 2.24) is 0 Å². The molecule has 0 radical (unpaired) electrons. The van der Waals surface area contributed by atoms with Crippen molar-refractivity contribution in [2.45, 2.75) is 373 Å². The summed E-state index contributed by atoms with van der Waals surface area (Å²) in [5.41, 5.74) is 0. The maximum absolute atomic E-state index is 9.79. The van der Waals surface area contributed by atoms with Crippen molar-refractivity contribution in [3.63, 3.8) is 0 Å². The van der Waals surface area contributed by atoms with Crippen molar-refractivity contribution in [1.29, 1.82) is 0 Å². The minimum absolute atomic E-state index is 0.0718. The van der Waals surface area contributed by atoms with E-state index in [2.05, 4.69) is 55.4 Å². The highest BCUT2D eigenvalue weighted by Gasteiger charge is 2.56. The van der Waals surface area contributed by atoms with Gasteiger partial charge in [0.2, 0.25) is 0 Å². The van der Waals surface area contributed by atoms with Gasteiger partial charge in [-0.1, -0.05) is 82.1 Å². The Kier molecular flexibility index (Phi) is 37.6. The summed E-state index contributed by atoms with van der Waals surface area (Å²) >= 11 is 0. The fraction of sp³-hybridized carbons (Fsp3) is 1.00. The fourth-order valence-electron chi connectivity index (χ4n) is 11.6. The molecule has 14 N–H and O–H groups in total. The van der Waals surface area contributed by atoms with Gasteiger partial charge in [0.05, 0.1) is 88.5 Å². The molecule has 0 aromatic rings. The molecule has 8 heterocycles. The molecule has 8 fully saturated rings. The third-order valence-electron chi connectivity index (χ3n) is 17.3. The predicted octanol–water partition coefficient (Wildman–Crippen LogP) is 2.67. The highest BCUT2D eigenvalue weighted by Crippen LogP contribution is 2.41. The molecule has 0 unspecified atom stereocenters. The molecule has 96 heavy (non-hydrogen) atoms. The first-order chi connectivity index (χ1) is 44.1. The summed E-state index contributed by atoms with van der Waals surface area (Å²) in [6.07, 6.45) is -9.44. The van der Waals surface area contributed by atoms with Gasteiger partial charge >= 0.3 is 0 Å². The molecule has 8 saturated heterocycles. The standard InChI is InChI=1S/C13H26O2.C11H22O4.C11H22O2.C9H18O6.C9H14O4.C9H18O4.C6H14O6/c1-7-9(3)11-12(10(4)8-2)15-13(5,6)14-11;1-5-7(12)9-10(8(13)6-2)15-11(3,4)14-9;1-7(2)9-10(8(3)4)13-11(5,6)12-9;1-9(2)14-7(5(12)3-10)8(15-9)6(13)4-11;1-9(2)12-7(5-3-10-5)8(13-9)6-4-11-6;1-5(10)7-8(6(2)11)13-9(3,4)12-7;7-1-3(9)5(11)6(12)4(10)2-8/h9-12H,7-8H2,1-6H3;7-10,12-13H,5-6H2,1-4H3;7-10H,1-6H3;5-8,10-13H,3-4H2,1-2H3;5-8H,3-4H2,1-2H3;5-8,10-11H,1-4H3;3-12H,1-2H2/t9-,10-,11-,12-;7-,8-,9-,10-;9-,10-;5-,6-,7-,8-;2*5-,6-,7+,8+;3-,4-,5-,6-/m1111001/s1. The van der Waals surface area contributed by atoms with Gasteiger partial charge in [-0.3, -0.25) is 0 Å². The van der Waals surface area contributed by atoms with Gasteiger partial charge in [0, 0.05) is 0 Å². The molecule has 0 aromatic carbocycles. The molecule has 0 aliphatic carbocycles. The van der Waals surface area contributed by atoms with Crippen molar-refractivity contribution >= 4 is 0 Å². The Labute approximate surface area is 572 Å². The molecule has 0 saturated carbocycles. The summed E-state index contributed by atoms with van der Waals surface area (Å²) in [5, 5.41) is 127. The molecule has 0 aromatic heterocycles. The van der Waals surface area contributed by atoms with Crippen LogP contribution in [0.2, 0.25) is 0 Å². The minimum atomic E-state index is -1.67.